The minimum Gasteiger partial charge on any atom is -0.478 e. The summed E-state index contributed by atoms with van der Waals surface area (Å²) in [7, 11) is 0. The third-order valence-corrected chi connectivity index (χ3v) is 4.03. The van der Waals surface area contributed by atoms with Gasteiger partial charge >= 0.3 is 11.9 Å². The monoisotopic (exact) mass is 349 g/mol. The number of nitrogens with zero attached hydrogens (tertiary/aromatic N) is 1. The van der Waals surface area contributed by atoms with Gasteiger partial charge in [0.1, 0.15) is 5.56 Å². The summed E-state index contributed by atoms with van der Waals surface area (Å²) in [5.41, 5.74) is 1.52. The molecule has 0 saturated carbocycles. The number of pyridine rings is 1. The van der Waals surface area contributed by atoms with Gasteiger partial charge in [0.15, 0.2) is 0 Å². The second kappa shape index (κ2) is 7.06. The first-order valence-electron chi connectivity index (χ1n) is 7.82. The molecule has 2 aromatic carbocycles. The Hall–Kier alpha value is -3.67. The van der Waals surface area contributed by atoms with Crippen LogP contribution in [-0.4, -0.2) is 26.7 Å². The van der Waals surface area contributed by atoms with E-state index in [1.807, 2.05) is 0 Å². The van der Waals surface area contributed by atoms with E-state index in [4.69, 9.17) is 5.11 Å². The lowest BCUT2D eigenvalue weighted by atomic mass is 9.99. The number of carboxylic acid groups (broad SMARTS) is 2. The minimum absolute atomic E-state index is 0.214. The number of aromatic carboxylic acids is 2. The van der Waals surface area contributed by atoms with Gasteiger partial charge in [-0.15, -0.1) is 0 Å². The first-order chi connectivity index (χ1) is 12.5. The van der Waals surface area contributed by atoms with Crippen molar-refractivity contribution in [2.75, 3.05) is 0 Å². The Kier molecular flexibility index (Phi) is 4.66. The van der Waals surface area contributed by atoms with Gasteiger partial charge in [0.25, 0.3) is 5.56 Å². The van der Waals surface area contributed by atoms with Gasteiger partial charge in [0.2, 0.25) is 0 Å². The average Bonchev–Trinajstić information content (AvgIpc) is 2.64. The molecule has 0 spiro atoms. The highest BCUT2D eigenvalue weighted by Gasteiger charge is 2.12. The molecule has 1 aromatic heterocycles. The summed E-state index contributed by atoms with van der Waals surface area (Å²) in [6.07, 6.45) is 1.53. The van der Waals surface area contributed by atoms with Crippen molar-refractivity contribution < 1.29 is 19.8 Å². The molecule has 6 heteroatoms. The Morgan fingerprint density at radius 1 is 0.808 bits per heavy atom. The molecule has 0 radical (unpaired) electrons. The van der Waals surface area contributed by atoms with E-state index < -0.39 is 17.5 Å². The van der Waals surface area contributed by atoms with Crippen molar-refractivity contribution in [2.24, 2.45) is 0 Å². The van der Waals surface area contributed by atoms with Gasteiger partial charge in [0, 0.05) is 6.20 Å². The Balaban J connectivity index is 1.90. The molecule has 0 fully saturated rings. The lowest BCUT2D eigenvalue weighted by Crippen LogP contribution is -2.25. The first kappa shape index (κ1) is 17.2. The van der Waals surface area contributed by atoms with Gasteiger partial charge in [-0.2, -0.15) is 0 Å². The molecular weight excluding hydrogens is 334 g/mol. The molecule has 0 atom stereocenters. The third kappa shape index (κ3) is 3.39. The molecule has 0 saturated heterocycles. The smallest absolute Gasteiger partial charge is 0.341 e. The van der Waals surface area contributed by atoms with Crippen LogP contribution in [0.1, 0.15) is 26.3 Å². The lowest BCUT2D eigenvalue weighted by molar-refractivity contribution is 0.0685. The molecule has 6 nitrogen and oxygen atoms in total. The van der Waals surface area contributed by atoms with Crippen LogP contribution < -0.4 is 5.56 Å². The maximum absolute atomic E-state index is 12.1. The van der Waals surface area contributed by atoms with E-state index in [1.165, 1.54) is 22.9 Å². The number of rotatable bonds is 5. The fourth-order valence-corrected chi connectivity index (χ4v) is 2.73. The highest BCUT2D eigenvalue weighted by Crippen LogP contribution is 2.24. The molecule has 0 aliphatic rings. The number of carboxylic acids is 2. The van der Waals surface area contributed by atoms with Crippen LogP contribution >= 0.6 is 0 Å². The van der Waals surface area contributed by atoms with Crippen LogP contribution in [0.5, 0.6) is 0 Å². The maximum atomic E-state index is 12.1. The van der Waals surface area contributed by atoms with E-state index in [2.05, 4.69) is 0 Å². The van der Waals surface area contributed by atoms with E-state index in [-0.39, 0.29) is 17.7 Å². The maximum Gasteiger partial charge on any atom is 0.341 e. The van der Waals surface area contributed by atoms with E-state index in [9.17, 15) is 19.5 Å². The van der Waals surface area contributed by atoms with Crippen LogP contribution in [0.15, 0.2) is 71.7 Å². The fraction of sp³-hybridized carbons (Fsp3) is 0.0500. The van der Waals surface area contributed by atoms with Crippen LogP contribution in [0.4, 0.5) is 0 Å². The molecule has 130 valence electrons. The molecular formula is C20H15NO5. The van der Waals surface area contributed by atoms with Crippen molar-refractivity contribution in [3.05, 3.63) is 93.9 Å². The number of hydrogen-bond donors (Lipinski definition) is 2. The SMILES string of the molecule is O=C(O)c1ccccc1-c1ccc(Cn2cccc(C(=O)O)c2=O)cc1. The minimum atomic E-state index is -1.26. The van der Waals surface area contributed by atoms with Gasteiger partial charge < -0.3 is 14.8 Å². The molecule has 2 N–H and O–H groups in total. The zero-order chi connectivity index (χ0) is 18.7. The van der Waals surface area contributed by atoms with E-state index in [1.54, 1.807) is 48.5 Å². The Bertz CT molecular complexity index is 1030. The van der Waals surface area contributed by atoms with Crippen molar-refractivity contribution in [1.82, 2.24) is 4.57 Å². The number of aromatic nitrogens is 1. The van der Waals surface area contributed by atoms with Gasteiger partial charge in [0.05, 0.1) is 12.1 Å². The van der Waals surface area contributed by atoms with Crippen LogP contribution in [0, 0.1) is 0 Å². The van der Waals surface area contributed by atoms with Gasteiger partial charge in [-0.25, -0.2) is 9.59 Å². The molecule has 0 amide bonds. The standard InChI is InChI=1S/C20H15NO5/c22-18-17(20(25)26)6-3-11-21(18)12-13-7-9-14(10-8-13)15-4-1-2-5-16(15)19(23)24/h1-11H,12H2,(H,23,24)(H,25,26). The summed E-state index contributed by atoms with van der Waals surface area (Å²) in [4.78, 5) is 34.5. The van der Waals surface area contributed by atoms with Gasteiger partial charge in [-0.3, -0.25) is 4.79 Å². The fourth-order valence-electron chi connectivity index (χ4n) is 2.73. The summed E-state index contributed by atoms with van der Waals surface area (Å²) >= 11 is 0. The van der Waals surface area contributed by atoms with Gasteiger partial charge in [-0.1, -0.05) is 42.5 Å². The molecule has 0 aliphatic carbocycles. The largest absolute Gasteiger partial charge is 0.478 e. The zero-order valence-electron chi connectivity index (χ0n) is 13.6. The third-order valence-electron chi connectivity index (χ3n) is 4.03. The van der Waals surface area contributed by atoms with E-state index in [0.717, 1.165) is 11.1 Å². The predicted octanol–water partition coefficient (Wildman–Crippen LogP) is 2.96. The number of hydrogen-bond acceptors (Lipinski definition) is 3. The topological polar surface area (TPSA) is 96.6 Å². The zero-order valence-corrected chi connectivity index (χ0v) is 13.6. The number of carbonyl (C=O) groups is 2. The highest BCUT2D eigenvalue weighted by molar-refractivity contribution is 5.96. The van der Waals surface area contributed by atoms with Crippen LogP contribution in [0.2, 0.25) is 0 Å². The predicted molar refractivity (Wildman–Crippen MR) is 95.6 cm³/mol. The molecule has 0 unspecified atom stereocenters. The van der Waals surface area contributed by atoms with Crippen LogP contribution in [-0.2, 0) is 6.54 Å². The molecule has 0 aliphatic heterocycles. The molecule has 0 bridgehead atoms. The summed E-state index contributed by atoms with van der Waals surface area (Å²) < 4.78 is 1.32. The molecule has 1 heterocycles. The quantitative estimate of drug-likeness (QED) is 0.738. The second-order valence-electron chi connectivity index (χ2n) is 5.71. The van der Waals surface area contributed by atoms with Crippen LogP contribution in [0.25, 0.3) is 11.1 Å². The van der Waals surface area contributed by atoms with Crippen molar-refractivity contribution in [3.63, 3.8) is 0 Å². The summed E-state index contributed by atoms with van der Waals surface area (Å²) in [5, 5.41) is 18.3. The van der Waals surface area contributed by atoms with Crippen molar-refractivity contribution in [1.29, 1.82) is 0 Å². The molecule has 3 aromatic rings. The normalized spacial score (nSPS) is 10.5. The second-order valence-corrected chi connectivity index (χ2v) is 5.71. The van der Waals surface area contributed by atoms with Crippen LogP contribution in [0.3, 0.4) is 0 Å². The number of benzene rings is 2. The average molecular weight is 349 g/mol. The lowest BCUT2D eigenvalue weighted by Gasteiger charge is -2.09. The summed E-state index contributed by atoms with van der Waals surface area (Å²) in [6, 6.07) is 16.6. The van der Waals surface area contributed by atoms with Gasteiger partial charge in [-0.05, 0) is 34.9 Å². The molecule has 26 heavy (non-hydrogen) atoms. The van der Waals surface area contributed by atoms with E-state index >= 15 is 0 Å². The molecule has 3 rings (SSSR count). The Labute approximate surface area is 148 Å². The van der Waals surface area contributed by atoms with Crippen molar-refractivity contribution in [2.45, 2.75) is 6.54 Å². The van der Waals surface area contributed by atoms with E-state index in [0.29, 0.717) is 5.56 Å². The Morgan fingerprint density at radius 2 is 1.42 bits per heavy atom. The summed E-state index contributed by atoms with van der Waals surface area (Å²) in [6.45, 7) is 0.223. The Morgan fingerprint density at radius 3 is 2.08 bits per heavy atom. The first-order valence-corrected chi connectivity index (χ1v) is 7.82. The summed E-state index contributed by atoms with van der Waals surface area (Å²) in [5.74, 6) is -2.26. The highest BCUT2D eigenvalue weighted by atomic mass is 16.4. The van der Waals surface area contributed by atoms with Crippen molar-refractivity contribution in [3.8, 4) is 11.1 Å². The van der Waals surface area contributed by atoms with Crippen molar-refractivity contribution >= 4 is 11.9 Å².